The molecule has 0 aromatic heterocycles. The average molecular weight is 765 g/mol. The van der Waals surface area contributed by atoms with Crippen LogP contribution >= 0.6 is 0 Å². The lowest BCUT2D eigenvalue weighted by molar-refractivity contribution is -0.166. The molecule has 51 heavy (non-hydrogen) atoms. The van der Waals surface area contributed by atoms with Gasteiger partial charge in [0, 0.05) is 0 Å². The summed E-state index contributed by atoms with van der Waals surface area (Å²) in [6.45, 7) is 22.4. The van der Waals surface area contributed by atoms with Crippen molar-refractivity contribution in [1.29, 1.82) is 10.5 Å². The van der Waals surface area contributed by atoms with Crippen LogP contribution in [0.5, 0.6) is 0 Å². The van der Waals surface area contributed by atoms with Crippen LogP contribution in [0.1, 0.15) is 82.1 Å². The molecule has 3 aliphatic rings. The Hall–Kier alpha value is -1.11. The molecule has 0 aromatic rings. The van der Waals surface area contributed by atoms with Gasteiger partial charge in [-0.3, -0.25) is 0 Å². The lowest BCUT2D eigenvalue weighted by Crippen LogP contribution is -2.66. The van der Waals surface area contributed by atoms with E-state index >= 15 is 0 Å². The summed E-state index contributed by atoms with van der Waals surface area (Å²) in [6.07, 6.45) is -2.62. The van der Waals surface area contributed by atoms with Crippen LogP contribution in [0.3, 0.4) is 0 Å². The largest absolute Gasteiger partial charge is 0.414 e. The fourth-order valence-corrected chi connectivity index (χ4v) is 17.9. The lowest BCUT2D eigenvalue weighted by atomic mass is 10.1. The lowest BCUT2D eigenvalue weighted by Gasteiger charge is -2.51. The maximum atomic E-state index is 9.76. The van der Waals surface area contributed by atoms with Crippen LogP contribution in [0.2, 0.25) is 22.2 Å². The molecule has 17 heteroatoms. The third-order valence-corrected chi connectivity index (χ3v) is 19.6. The molecule has 3 heterocycles. The SMILES string of the molecule is CC(C)[Si]1(C(C)C)OC[C@H]2O[C@@H](C)[C@@H](OCOCOCCC#N)C2O[Si](C(C)C)(C(C)C)O1.C[C@@H]1O[C@H](CO)C(O)[C@@H]1OCOCOCCC#N. The molecule has 0 spiro atoms. The van der Waals surface area contributed by atoms with Crippen LogP contribution < -0.4 is 0 Å². The zero-order valence-electron chi connectivity index (χ0n) is 32.3. The Bertz CT molecular complexity index is 1040. The molecule has 3 fully saturated rings. The van der Waals surface area contributed by atoms with Crippen molar-refractivity contribution < 1.29 is 61.1 Å². The third kappa shape index (κ3) is 12.7. The van der Waals surface area contributed by atoms with Crippen molar-refractivity contribution in [3.63, 3.8) is 0 Å². The van der Waals surface area contributed by atoms with E-state index in [1.54, 1.807) is 6.92 Å². The summed E-state index contributed by atoms with van der Waals surface area (Å²) in [7, 11) is -5.31. The minimum atomic E-state index is -2.73. The third-order valence-electron chi connectivity index (χ3n) is 9.36. The molecule has 0 aromatic carbocycles. The number of aliphatic hydroxyl groups is 2. The first kappa shape index (κ1) is 46.0. The van der Waals surface area contributed by atoms with Crippen LogP contribution in [-0.4, -0.2) is 130 Å². The first-order valence-corrected chi connectivity index (χ1v) is 22.1. The van der Waals surface area contributed by atoms with Gasteiger partial charge in [-0.2, -0.15) is 10.5 Å². The van der Waals surface area contributed by atoms with Crippen molar-refractivity contribution in [2.24, 2.45) is 0 Å². The number of fused-ring (bicyclic) bond motifs is 1. The predicted octanol–water partition coefficient (Wildman–Crippen LogP) is 4.35. The molecule has 0 bridgehead atoms. The molecule has 3 rings (SSSR count). The maximum absolute atomic E-state index is 9.76. The minimum Gasteiger partial charge on any atom is -0.414 e. The molecule has 296 valence electrons. The Balaban J connectivity index is 0.000000422. The van der Waals surface area contributed by atoms with Gasteiger partial charge in [-0.25, -0.2) is 0 Å². The second kappa shape index (κ2) is 23.0. The van der Waals surface area contributed by atoms with Crippen LogP contribution in [0, 0.1) is 22.7 Å². The number of hydrogen-bond donors (Lipinski definition) is 2. The number of ether oxygens (including phenoxy) is 8. The van der Waals surface area contributed by atoms with Crippen molar-refractivity contribution >= 4 is 17.1 Å². The van der Waals surface area contributed by atoms with Gasteiger partial charge in [0.2, 0.25) is 0 Å². The van der Waals surface area contributed by atoms with E-state index in [9.17, 15) is 5.11 Å². The zero-order chi connectivity index (χ0) is 38.2. The quantitative estimate of drug-likeness (QED) is 0.107. The van der Waals surface area contributed by atoms with Crippen molar-refractivity contribution in [2.75, 3.05) is 53.6 Å². The molecule has 0 amide bonds. The van der Waals surface area contributed by atoms with E-state index in [0.717, 1.165) is 0 Å². The molecule has 2 N–H and O–H groups in total. The number of nitriles is 2. The molecule has 15 nitrogen and oxygen atoms in total. The Labute approximate surface area is 307 Å². The Morgan fingerprint density at radius 1 is 0.706 bits per heavy atom. The molecular weight excluding hydrogens is 701 g/mol. The Kier molecular flexibility index (Phi) is 20.7. The number of hydrogen-bond acceptors (Lipinski definition) is 15. The second-order valence-electron chi connectivity index (χ2n) is 14.3. The molecule has 0 saturated carbocycles. The molecule has 0 radical (unpaired) electrons. The summed E-state index contributed by atoms with van der Waals surface area (Å²) in [5, 5.41) is 35.5. The van der Waals surface area contributed by atoms with Gasteiger partial charge in [0.1, 0.15) is 63.8 Å². The highest BCUT2D eigenvalue weighted by Crippen LogP contribution is 2.47. The number of nitrogens with zero attached hydrogens (tertiary/aromatic N) is 2. The van der Waals surface area contributed by atoms with Gasteiger partial charge >= 0.3 is 17.1 Å². The van der Waals surface area contributed by atoms with Crippen LogP contribution in [-0.2, 0) is 50.9 Å². The molecular formula is C34H64N2O13Si2. The van der Waals surface area contributed by atoms with Gasteiger partial charge in [-0.15, -0.1) is 0 Å². The number of rotatable bonds is 19. The smallest absolute Gasteiger partial charge is 0.335 e. The van der Waals surface area contributed by atoms with E-state index in [-0.39, 0.29) is 75.4 Å². The summed E-state index contributed by atoms with van der Waals surface area (Å²) in [4.78, 5) is 0. The maximum Gasteiger partial charge on any atom is 0.335 e. The van der Waals surface area contributed by atoms with Gasteiger partial charge in [0.25, 0.3) is 0 Å². The van der Waals surface area contributed by atoms with Crippen molar-refractivity contribution in [3.8, 4) is 12.1 Å². The van der Waals surface area contributed by atoms with Crippen molar-refractivity contribution in [2.45, 2.75) is 153 Å². The van der Waals surface area contributed by atoms with Gasteiger partial charge < -0.3 is 61.1 Å². The van der Waals surface area contributed by atoms with E-state index in [4.69, 9.17) is 66.5 Å². The van der Waals surface area contributed by atoms with Gasteiger partial charge in [0.05, 0.1) is 63.6 Å². The Morgan fingerprint density at radius 3 is 1.65 bits per heavy atom. The summed E-state index contributed by atoms with van der Waals surface area (Å²) >= 11 is 0. The van der Waals surface area contributed by atoms with Crippen molar-refractivity contribution in [3.05, 3.63) is 0 Å². The van der Waals surface area contributed by atoms with E-state index in [1.807, 2.05) is 19.1 Å². The van der Waals surface area contributed by atoms with E-state index < -0.39 is 35.4 Å². The predicted molar refractivity (Wildman–Crippen MR) is 189 cm³/mol. The molecule has 3 aliphatic heterocycles. The molecule has 0 aliphatic carbocycles. The van der Waals surface area contributed by atoms with Gasteiger partial charge in [0.15, 0.2) is 0 Å². The minimum absolute atomic E-state index is 0.0309. The standard InChI is InChI=1S/C23H45NO7Si2.C11H19NO6/c1-16(2)32(17(3)4)28-13-21-23(30-33(31-32,18(5)6)19(7)8)22(20(9)29-21)27-15-26-14-25-12-10-11-24;1-8-11(10(14)9(5-13)18-8)17-7-16-6-15-4-2-3-12/h16-23H,10,12-15H2,1-9H3;8-11,13-14H,2,4-7H2,1H3/t20-,21+,22+,23?;8-,9+,10?,11+/m00/s1. The first-order chi connectivity index (χ1) is 24.2. The molecule has 2 unspecified atom stereocenters. The number of aliphatic hydroxyl groups excluding tert-OH is 2. The van der Waals surface area contributed by atoms with E-state index in [2.05, 4.69) is 55.4 Å². The van der Waals surface area contributed by atoms with Gasteiger partial charge in [-0.05, 0) is 36.0 Å². The average Bonchev–Trinajstić information content (AvgIpc) is 3.51. The van der Waals surface area contributed by atoms with Crippen LogP contribution in [0.25, 0.3) is 0 Å². The molecule has 3 saturated heterocycles. The zero-order valence-corrected chi connectivity index (χ0v) is 34.3. The summed E-state index contributed by atoms with van der Waals surface area (Å²) in [6, 6.07) is 3.98. The summed E-state index contributed by atoms with van der Waals surface area (Å²) in [5.41, 5.74) is 1.07. The fourth-order valence-electron chi connectivity index (χ4n) is 6.66. The molecule has 8 atom stereocenters. The highest BCUT2D eigenvalue weighted by atomic mass is 28.5. The highest BCUT2D eigenvalue weighted by Gasteiger charge is 2.61. The normalized spacial score (nSPS) is 30.1. The van der Waals surface area contributed by atoms with Crippen LogP contribution in [0.15, 0.2) is 0 Å². The monoisotopic (exact) mass is 764 g/mol. The first-order valence-electron chi connectivity index (χ1n) is 18.1. The van der Waals surface area contributed by atoms with E-state index in [1.165, 1.54) is 0 Å². The second-order valence-corrected chi connectivity index (χ2v) is 23.1. The summed E-state index contributed by atoms with van der Waals surface area (Å²) in [5.74, 6) is 0. The van der Waals surface area contributed by atoms with Crippen LogP contribution in [0.4, 0.5) is 0 Å². The van der Waals surface area contributed by atoms with E-state index in [0.29, 0.717) is 43.7 Å². The van der Waals surface area contributed by atoms with Crippen molar-refractivity contribution in [1.82, 2.24) is 0 Å². The topological polar surface area (TPSA) is 190 Å². The highest BCUT2D eigenvalue weighted by molar-refractivity contribution is 6.84. The summed E-state index contributed by atoms with van der Waals surface area (Å²) < 4.78 is 64.8. The Morgan fingerprint density at radius 2 is 1.20 bits per heavy atom. The van der Waals surface area contributed by atoms with Gasteiger partial charge in [-0.1, -0.05) is 55.4 Å². The fraction of sp³-hybridized carbons (Fsp3) is 0.941.